The number of amides is 1. The highest BCUT2D eigenvalue weighted by Crippen LogP contribution is 2.14. The van der Waals surface area contributed by atoms with Crippen molar-refractivity contribution in [2.75, 3.05) is 19.8 Å². The predicted molar refractivity (Wildman–Crippen MR) is 81.0 cm³/mol. The highest BCUT2D eigenvalue weighted by Gasteiger charge is 2.05. The van der Waals surface area contributed by atoms with E-state index < -0.39 is 0 Å². The van der Waals surface area contributed by atoms with Crippen molar-refractivity contribution in [3.05, 3.63) is 36.0 Å². The van der Waals surface area contributed by atoms with Crippen LogP contribution in [0, 0.1) is 0 Å². The van der Waals surface area contributed by atoms with Crippen LogP contribution in [0.3, 0.4) is 0 Å². The Morgan fingerprint density at radius 2 is 2.10 bits per heavy atom. The second-order valence-electron chi connectivity index (χ2n) is 4.86. The molecule has 0 aliphatic heterocycles. The molecule has 0 bridgehead atoms. The van der Waals surface area contributed by atoms with Crippen LogP contribution in [-0.2, 0) is 4.74 Å². The Morgan fingerprint density at radius 3 is 2.95 bits per heavy atom. The molecule has 1 aromatic carbocycles. The lowest BCUT2D eigenvalue weighted by molar-refractivity contribution is 0.0940. The summed E-state index contributed by atoms with van der Waals surface area (Å²) in [5, 5.41) is 3.97. The number of hydrogen-bond donors (Lipinski definition) is 2. The summed E-state index contributed by atoms with van der Waals surface area (Å²) in [6.07, 6.45) is 4.98. The first-order chi connectivity index (χ1) is 9.81. The van der Waals surface area contributed by atoms with Crippen LogP contribution in [0.25, 0.3) is 10.9 Å². The number of nitrogens with one attached hydrogen (secondary N) is 2. The minimum Gasteiger partial charge on any atom is -0.381 e. The molecule has 0 aliphatic carbocycles. The summed E-state index contributed by atoms with van der Waals surface area (Å²) in [6, 6.07) is 7.64. The molecule has 4 nitrogen and oxygen atoms in total. The normalized spacial score (nSPS) is 10.8. The molecule has 0 radical (unpaired) electrons. The van der Waals surface area contributed by atoms with Crippen molar-refractivity contribution in [1.29, 1.82) is 0 Å². The highest BCUT2D eigenvalue weighted by molar-refractivity contribution is 5.98. The smallest absolute Gasteiger partial charge is 0.251 e. The Balaban J connectivity index is 1.71. The van der Waals surface area contributed by atoms with Gasteiger partial charge < -0.3 is 15.0 Å². The molecule has 0 saturated carbocycles. The van der Waals surface area contributed by atoms with Gasteiger partial charge in [-0.25, -0.2) is 0 Å². The Hall–Kier alpha value is -1.81. The van der Waals surface area contributed by atoms with E-state index in [1.54, 1.807) is 0 Å². The number of carbonyl (C=O) groups is 1. The Morgan fingerprint density at radius 1 is 1.25 bits per heavy atom. The van der Waals surface area contributed by atoms with E-state index in [2.05, 4.69) is 17.2 Å². The van der Waals surface area contributed by atoms with Gasteiger partial charge in [-0.2, -0.15) is 0 Å². The largest absolute Gasteiger partial charge is 0.381 e. The molecule has 1 aromatic heterocycles. The summed E-state index contributed by atoms with van der Waals surface area (Å²) in [6.45, 7) is 4.31. The zero-order valence-corrected chi connectivity index (χ0v) is 11.9. The van der Waals surface area contributed by atoms with Crippen LogP contribution < -0.4 is 5.32 Å². The average Bonchev–Trinajstić information content (AvgIpc) is 2.93. The summed E-state index contributed by atoms with van der Waals surface area (Å²) in [4.78, 5) is 15.1. The second-order valence-corrected chi connectivity index (χ2v) is 4.86. The molecular formula is C16H22N2O2. The maximum absolute atomic E-state index is 12.0. The van der Waals surface area contributed by atoms with Gasteiger partial charge in [0.15, 0.2) is 0 Å². The average molecular weight is 274 g/mol. The first kappa shape index (κ1) is 14.6. The fourth-order valence-electron chi connectivity index (χ4n) is 2.02. The molecule has 1 heterocycles. The van der Waals surface area contributed by atoms with E-state index in [1.807, 2.05) is 30.5 Å². The van der Waals surface area contributed by atoms with Crippen molar-refractivity contribution in [3.63, 3.8) is 0 Å². The van der Waals surface area contributed by atoms with Crippen molar-refractivity contribution in [2.24, 2.45) is 0 Å². The Kier molecular flexibility index (Phi) is 5.62. The van der Waals surface area contributed by atoms with Crippen LogP contribution in [-0.4, -0.2) is 30.6 Å². The van der Waals surface area contributed by atoms with Crippen molar-refractivity contribution in [2.45, 2.75) is 26.2 Å². The van der Waals surface area contributed by atoms with E-state index in [9.17, 15) is 4.79 Å². The molecular weight excluding hydrogens is 252 g/mol. The van der Waals surface area contributed by atoms with E-state index in [0.717, 1.165) is 36.8 Å². The summed E-state index contributed by atoms with van der Waals surface area (Å²) in [5.74, 6) is -0.0262. The van der Waals surface area contributed by atoms with Gasteiger partial charge in [-0.1, -0.05) is 13.3 Å². The van der Waals surface area contributed by atoms with Crippen molar-refractivity contribution >= 4 is 16.8 Å². The highest BCUT2D eigenvalue weighted by atomic mass is 16.5. The zero-order valence-electron chi connectivity index (χ0n) is 11.9. The minimum atomic E-state index is -0.0262. The molecule has 0 saturated heterocycles. The summed E-state index contributed by atoms with van der Waals surface area (Å²) in [7, 11) is 0. The van der Waals surface area contributed by atoms with Crippen LogP contribution in [0.2, 0.25) is 0 Å². The lowest BCUT2D eigenvalue weighted by Gasteiger charge is -2.06. The molecule has 0 unspecified atom stereocenters. The van der Waals surface area contributed by atoms with Gasteiger partial charge in [0.05, 0.1) is 0 Å². The quantitative estimate of drug-likeness (QED) is 0.727. The van der Waals surface area contributed by atoms with Crippen LogP contribution >= 0.6 is 0 Å². The number of carbonyl (C=O) groups excluding carboxylic acids is 1. The fraction of sp³-hybridized carbons (Fsp3) is 0.438. The number of rotatable bonds is 8. The molecule has 0 atom stereocenters. The van der Waals surface area contributed by atoms with Gasteiger partial charge in [-0.3, -0.25) is 4.79 Å². The maximum Gasteiger partial charge on any atom is 0.251 e. The maximum atomic E-state index is 12.0. The van der Waals surface area contributed by atoms with Gasteiger partial charge in [0, 0.05) is 42.4 Å². The number of benzene rings is 1. The lowest BCUT2D eigenvalue weighted by Crippen LogP contribution is -2.25. The monoisotopic (exact) mass is 274 g/mol. The van der Waals surface area contributed by atoms with Crippen LogP contribution in [0.4, 0.5) is 0 Å². The van der Waals surface area contributed by atoms with Crippen molar-refractivity contribution in [1.82, 2.24) is 10.3 Å². The van der Waals surface area contributed by atoms with E-state index >= 15 is 0 Å². The van der Waals surface area contributed by atoms with Gasteiger partial charge in [-0.15, -0.1) is 0 Å². The molecule has 20 heavy (non-hydrogen) atoms. The first-order valence-corrected chi connectivity index (χ1v) is 7.24. The molecule has 0 fully saturated rings. The fourth-order valence-corrected chi connectivity index (χ4v) is 2.02. The molecule has 1 amide bonds. The number of fused-ring (bicyclic) bond motifs is 1. The van der Waals surface area contributed by atoms with Crippen LogP contribution in [0.15, 0.2) is 30.5 Å². The SMILES string of the molecule is CCCCOCCCNC(=O)c1ccc2[nH]ccc2c1. The minimum absolute atomic E-state index is 0.0262. The van der Waals surface area contributed by atoms with Crippen molar-refractivity contribution < 1.29 is 9.53 Å². The Bertz CT molecular complexity index is 548. The molecule has 0 aliphatic rings. The number of unbranched alkanes of at least 4 members (excludes halogenated alkanes) is 1. The topological polar surface area (TPSA) is 54.1 Å². The standard InChI is InChI=1S/C16H22N2O2/c1-2-3-10-20-11-4-8-18-16(19)14-5-6-15-13(12-14)7-9-17-15/h5-7,9,12,17H,2-4,8,10-11H2,1H3,(H,18,19). The predicted octanol–water partition coefficient (Wildman–Crippen LogP) is 3.10. The van der Waals surface area contributed by atoms with Crippen LogP contribution in [0.5, 0.6) is 0 Å². The number of aromatic nitrogens is 1. The third-order valence-electron chi connectivity index (χ3n) is 3.21. The molecule has 2 rings (SSSR count). The number of H-pyrrole nitrogens is 1. The molecule has 108 valence electrons. The Labute approximate surface area is 119 Å². The summed E-state index contributed by atoms with van der Waals surface area (Å²) < 4.78 is 5.45. The van der Waals surface area contributed by atoms with E-state index in [4.69, 9.17) is 4.74 Å². The van der Waals surface area contributed by atoms with Gasteiger partial charge in [-0.05, 0) is 37.1 Å². The molecule has 2 N–H and O–H groups in total. The second kappa shape index (κ2) is 7.70. The van der Waals surface area contributed by atoms with Gasteiger partial charge in [0.25, 0.3) is 5.91 Å². The van der Waals surface area contributed by atoms with E-state index in [0.29, 0.717) is 18.7 Å². The summed E-state index contributed by atoms with van der Waals surface area (Å²) >= 11 is 0. The van der Waals surface area contributed by atoms with Crippen LogP contribution in [0.1, 0.15) is 36.5 Å². The molecule has 4 heteroatoms. The van der Waals surface area contributed by atoms with Gasteiger partial charge in [0.2, 0.25) is 0 Å². The molecule has 0 spiro atoms. The third-order valence-corrected chi connectivity index (χ3v) is 3.21. The first-order valence-electron chi connectivity index (χ1n) is 7.24. The number of aromatic amines is 1. The molecule has 2 aromatic rings. The third kappa shape index (κ3) is 4.10. The van der Waals surface area contributed by atoms with E-state index in [1.165, 1.54) is 0 Å². The number of ether oxygens (including phenoxy) is 1. The van der Waals surface area contributed by atoms with E-state index in [-0.39, 0.29) is 5.91 Å². The summed E-state index contributed by atoms with van der Waals surface area (Å²) in [5.41, 5.74) is 1.75. The van der Waals surface area contributed by atoms with Gasteiger partial charge in [0.1, 0.15) is 0 Å². The van der Waals surface area contributed by atoms with Gasteiger partial charge >= 0.3 is 0 Å². The van der Waals surface area contributed by atoms with Crippen molar-refractivity contribution in [3.8, 4) is 0 Å². The number of hydrogen-bond acceptors (Lipinski definition) is 2. The lowest BCUT2D eigenvalue weighted by atomic mass is 10.1. The zero-order chi connectivity index (χ0) is 14.2.